The Morgan fingerprint density at radius 2 is 1.90 bits per heavy atom. The van der Waals surface area contributed by atoms with Gasteiger partial charge in [0.2, 0.25) is 0 Å². The fourth-order valence-corrected chi connectivity index (χ4v) is 2.47. The van der Waals surface area contributed by atoms with Gasteiger partial charge in [-0.25, -0.2) is 4.79 Å². The first-order valence-electron chi connectivity index (χ1n) is 6.33. The summed E-state index contributed by atoms with van der Waals surface area (Å²) in [5.41, 5.74) is 0.198. The van der Waals surface area contributed by atoms with Crippen molar-refractivity contribution < 1.29 is 0 Å². The van der Waals surface area contributed by atoms with Crippen molar-refractivity contribution in [3.05, 3.63) is 54.7 Å². The van der Waals surface area contributed by atoms with Crippen LogP contribution in [0.25, 0.3) is 11.1 Å². The van der Waals surface area contributed by atoms with E-state index in [0.717, 1.165) is 17.3 Å². The Bertz CT molecular complexity index is 719. The van der Waals surface area contributed by atoms with Crippen LogP contribution in [0.4, 0.5) is 0 Å². The van der Waals surface area contributed by atoms with Crippen molar-refractivity contribution in [1.82, 2.24) is 9.55 Å². The van der Waals surface area contributed by atoms with Gasteiger partial charge in [-0.3, -0.25) is 14.3 Å². The van der Waals surface area contributed by atoms with E-state index in [0.29, 0.717) is 17.7 Å². The van der Waals surface area contributed by atoms with Gasteiger partial charge in [0, 0.05) is 11.0 Å². The SMILES string of the molecule is CCCCn1c(=O)[nH]c(Cl)c(-c2ccc(Br)cc2)c1=O. The summed E-state index contributed by atoms with van der Waals surface area (Å²) < 4.78 is 2.11. The number of hydrogen-bond acceptors (Lipinski definition) is 2. The van der Waals surface area contributed by atoms with Crippen LogP contribution >= 0.6 is 27.5 Å². The molecule has 0 bridgehead atoms. The topological polar surface area (TPSA) is 54.9 Å². The van der Waals surface area contributed by atoms with Crippen LogP contribution in [0.1, 0.15) is 19.8 Å². The molecule has 20 heavy (non-hydrogen) atoms. The fourth-order valence-electron chi connectivity index (χ4n) is 1.93. The van der Waals surface area contributed by atoms with Gasteiger partial charge < -0.3 is 0 Å². The van der Waals surface area contributed by atoms with E-state index in [1.165, 1.54) is 4.57 Å². The third-order valence-electron chi connectivity index (χ3n) is 3.01. The molecular formula is C14H14BrClN2O2. The van der Waals surface area contributed by atoms with Crippen molar-refractivity contribution in [3.63, 3.8) is 0 Å². The molecule has 0 unspecified atom stereocenters. The summed E-state index contributed by atoms with van der Waals surface area (Å²) >= 11 is 9.38. The highest BCUT2D eigenvalue weighted by molar-refractivity contribution is 9.10. The third kappa shape index (κ3) is 3.04. The van der Waals surface area contributed by atoms with Crippen molar-refractivity contribution in [3.8, 4) is 11.1 Å². The molecule has 106 valence electrons. The molecule has 2 rings (SSSR count). The average Bonchev–Trinajstić information content (AvgIpc) is 2.40. The highest BCUT2D eigenvalue weighted by Crippen LogP contribution is 2.23. The summed E-state index contributed by atoms with van der Waals surface area (Å²) in [7, 11) is 0. The predicted octanol–water partition coefficient (Wildman–Crippen LogP) is 3.42. The Morgan fingerprint density at radius 1 is 1.25 bits per heavy atom. The molecule has 0 spiro atoms. The normalized spacial score (nSPS) is 10.8. The Balaban J connectivity index is 2.61. The zero-order valence-electron chi connectivity index (χ0n) is 11.0. The lowest BCUT2D eigenvalue weighted by Crippen LogP contribution is -2.36. The smallest absolute Gasteiger partial charge is 0.297 e. The van der Waals surface area contributed by atoms with Gasteiger partial charge in [0.25, 0.3) is 5.56 Å². The molecule has 6 heteroatoms. The molecular weight excluding hydrogens is 344 g/mol. The van der Waals surface area contributed by atoms with Crippen molar-refractivity contribution in [2.24, 2.45) is 0 Å². The number of aromatic nitrogens is 2. The van der Waals surface area contributed by atoms with E-state index in [-0.39, 0.29) is 10.7 Å². The molecule has 1 aromatic carbocycles. The molecule has 0 aliphatic heterocycles. The fraction of sp³-hybridized carbons (Fsp3) is 0.286. The molecule has 0 amide bonds. The quantitative estimate of drug-likeness (QED) is 0.852. The largest absolute Gasteiger partial charge is 0.329 e. The van der Waals surface area contributed by atoms with Gasteiger partial charge in [-0.05, 0) is 24.1 Å². The van der Waals surface area contributed by atoms with Gasteiger partial charge in [0.1, 0.15) is 5.15 Å². The van der Waals surface area contributed by atoms with Crippen LogP contribution < -0.4 is 11.2 Å². The third-order valence-corrected chi connectivity index (χ3v) is 3.82. The monoisotopic (exact) mass is 356 g/mol. The first-order valence-corrected chi connectivity index (χ1v) is 7.50. The number of benzene rings is 1. The van der Waals surface area contributed by atoms with Crippen molar-refractivity contribution in [1.29, 1.82) is 0 Å². The maximum atomic E-state index is 12.4. The Hall–Kier alpha value is -1.33. The molecule has 0 radical (unpaired) electrons. The Labute approximate surface area is 129 Å². The second kappa shape index (κ2) is 6.41. The van der Waals surface area contributed by atoms with E-state index in [4.69, 9.17) is 11.6 Å². The number of rotatable bonds is 4. The summed E-state index contributed by atoms with van der Waals surface area (Å²) in [5.74, 6) is 0. The lowest BCUT2D eigenvalue weighted by Gasteiger charge is -2.09. The minimum absolute atomic E-state index is 0.0788. The molecule has 0 aliphatic rings. The number of unbranched alkanes of at least 4 members (excludes halogenated alkanes) is 1. The summed E-state index contributed by atoms with van der Waals surface area (Å²) in [6, 6.07) is 7.23. The van der Waals surface area contributed by atoms with E-state index in [9.17, 15) is 9.59 Å². The molecule has 1 N–H and O–H groups in total. The Kier molecular flexibility index (Phi) is 4.83. The molecule has 2 aromatic rings. The van der Waals surface area contributed by atoms with Gasteiger partial charge in [-0.1, -0.05) is 53.0 Å². The maximum absolute atomic E-state index is 12.4. The summed E-state index contributed by atoms with van der Waals surface area (Å²) in [6.45, 7) is 2.40. The Morgan fingerprint density at radius 3 is 2.50 bits per heavy atom. The average molecular weight is 358 g/mol. The molecule has 1 aromatic heterocycles. The second-order valence-electron chi connectivity index (χ2n) is 4.44. The van der Waals surface area contributed by atoms with Crippen LogP contribution in [-0.2, 0) is 6.54 Å². The molecule has 0 fully saturated rings. The molecule has 1 heterocycles. The van der Waals surface area contributed by atoms with Crippen LogP contribution in [0.5, 0.6) is 0 Å². The molecule has 0 aliphatic carbocycles. The summed E-state index contributed by atoms with van der Waals surface area (Å²) in [5, 5.41) is 0.0788. The van der Waals surface area contributed by atoms with E-state index >= 15 is 0 Å². The lowest BCUT2D eigenvalue weighted by atomic mass is 10.1. The van der Waals surface area contributed by atoms with E-state index < -0.39 is 5.69 Å². The number of nitrogens with one attached hydrogen (secondary N) is 1. The van der Waals surface area contributed by atoms with Crippen molar-refractivity contribution >= 4 is 27.5 Å². The van der Waals surface area contributed by atoms with E-state index in [1.807, 2.05) is 19.1 Å². The van der Waals surface area contributed by atoms with E-state index in [1.54, 1.807) is 12.1 Å². The number of halogens is 2. The maximum Gasteiger partial charge on any atom is 0.329 e. The number of hydrogen-bond donors (Lipinski definition) is 1. The van der Waals surface area contributed by atoms with Crippen LogP contribution in [0, 0.1) is 0 Å². The number of aromatic amines is 1. The summed E-state index contributed by atoms with van der Waals surface area (Å²) in [4.78, 5) is 26.8. The summed E-state index contributed by atoms with van der Waals surface area (Å²) in [6.07, 6.45) is 1.67. The van der Waals surface area contributed by atoms with Gasteiger partial charge in [-0.2, -0.15) is 0 Å². The minimum atomic E-state index is -0.464. The number of nitrogens with zero attached hydrogens (tertiary/aromatic N) is 1. The van der Waals surface area contributed by atoms with E-state index in [2.05, 4.69) is 20.9 Å². The predicted molar refractivity (Wildman–Crippen MR) is 84.4 cm³/mol. The van der Waals surface area contributed by atoms with Crippen LogP contribution in [-0.4, -0.2) is 9.55 Å². The molecule has 0 saturated carbocycles. The van der Waals surface area contributed by atoms with Crippen LogP contribution in [0.2, 0.25) is 5.15 Å². The zero-order valence-corrected chi connectivity index (χ0v) is 13.3. The first kappa shape index (κ1) is 15.1. The van der Waals surface area contributed by atoms with Crippen LogP contribution in [0.15, 0.2) is 38.3 Å². The van der Waals surface area contributed by atoms with Crippen LogP contribution in [0.3, 0.4) is 0 Å². The van der Waals surface area contributed by atoms with Gasteiger partial charge >= 0.3 is 5.69 Å². The highest BCUT2D eigenvalue weighted by atomic mass is 79.9. The minimum Gasteiger partial charge on any atom is -0.297 e. The van der Waals surface area contributed by atoms with Crippen molar-refractivity contribution in [2.45, 2.75) is 26.3 Å². The zero-order chi connectivity index (χ0) is 14.7. The molecule has 0 saturated heterocycles. The van der Waals surface area contributed by atoms with Gasteiger partial charge in [0.05, 0.1) is 5.56 Å². The van der Waals surface area contributed by atoms with Crippen molar-refractivity contribution in [2.75, 3.05) is 0 Å². The molecule has 4 nitrogen and oxygen atoms in total. The molecule has 0 atom stereocenters. The lowest BCUT2D eigenvalue weighted by molar-refractivity contribution is 0.584. The second-order valence-corrected chi connectivity index (χ2v) is 5.73. The highest BCUT2D eigenvalue weighted by Gasteiger charge is 2.14. The van der Waals surface area contributed by atoms with Gasteiger partial charge in [0.15, 0.2) is 0 Å². The standard InChI is InChI=1S/C14H14BrClN2O2/c1-2-3-8-18-13(19)11(12(16)17-14(18)20)9-4-6-10(15)7-5-9/h4-7H,2-3,8H2,1H3,(H,17,20). The number of H-pyrrole nitrogens is 1. The van der Waals surface area contributed by atoms with Gasteiger partial charge in [-0.15, -0.1) is 0 Å². The first-order chi connectivity index (χ1) is 9.54.